The van der Waals surface area contributed by atoms with E-state index in [9.17, 15) is 9.18 Å². The van der Waals surface area contributed by atoms with Crippen LogP contribution in [-0.2, 0) is 9.53 Å². The molecule has 1 aliphatic rings. The zero-order chi connectivity index (χ0) is 15.2. The molecule has 21 heavy (non-hydrogen) atoms. The largest absolute Gasteiger partial charge is 0.489 e. The van der Waals surface area contributed by atoms with Gasteiger partial charge < -0.3 is 20.5 Å². The second-order valence-electron chi connectivity index (χ2n) is 5.21. The number of hydrogen-bond acceptors (Lipinski definition) is 4. The molecule has 5 nitrogen and oxygen atoms in total. The predicted molar refractivity (Wildman–Crippen MR) is 77.7 cm³/mol. The fourth-order valence-electron chi connectivity index (χ4n) is 2.05. The Kier molecular flexibility index (Phi) is 5.52. The van der Waals surface area contributed by atoms with E-state index in [2.05, 4.69) is 5.32 Å². The van der Waals surface area contributed by atoms with Gasteiger partial charge in [-0.25, -0.2) is 4.39 Å². The average Bonchev–Trinajstić information content (AvgIpc) is 2.98. The maximum absolute atomic E-state index is 13.4. The van der Waals surface area contributed by atoms with Gasteiger partial charge in [-0.15, -0.1) is 0 Å². The maximum atomic E-state index is 13.4. The normalized spacial score (nSPS) is 19.3. The van der Waals surface area contributed by atoms with Gasteiger partial charge in [0.1, 0.15) is 18.2 Å². The highest BCUT2D eigenvalue weighted by Crippen LogP contribution is 2.27. The van der Waals surface area contributed by atoms with Crippen molar-refractivity contribution in [1.29, 1.82) is 0 Å². The number of anilines is 1. The van der Waals surface area contributed by atoms with Gasteiger partial charge in [0.15, 0.2) is 0 Å². The minimum Gasteiger partial charge on any atom is -0.489 e. The zero-order valence-corrected chi connectivity index (χ0v) is 12.1. The molecule has 2 rings (SSSR count). The quantitative estimate of drug-likeness (QED) is 0.841. The molecule has 1 amide bonds. The van der Waals surface area contributed by atoms with Gasteiger partial charge >= 0.3 is 0 Å². The van der Waals surface area contributed by atoms with E-state index in [0.717, 1.165) is 19.4 Å². The Morgan fingerprint density at radius 1 is 1.62 bits per heavy atom. The SMILES string of the molecule is CC(CN)C(=O)Nc1cc(F)ccc1OCC1CCCO1. The van der Waals surface area contributed by atoms with E-state index in [-0.39, 0.29) is 24.5 Å². The minimum absolute atomic E-state index is 0.0570. The monoisotopic (exact) mass is 296 g/mol. The molecule has 1 aromatic carbocycles. The third kappa shape index (κ3) is 4.41. The van der Waals surface area contributed by atoms with Crippen molar-refractivity contribution in [2.24, 2.45) is 11.7 Å². The van der Waals surface area contributed by atoms with E-state index in [1.807, 2.05) is 0 Å². The molecule has 0 radical (unpaired) electrons. The van der Waals surface area contributed by atoms with Crippen molar-refractivity contribution in [3.8, 4) is 5.75 Å². The van der Waals surface area contributed by atoms with Crippen LogP contribution in [0.15, 0.2) is 18.2 Å². The van der Waals surface area contributed by atoms with Crippen LogP contribution in [0, 0.1) is 11.7 Å². The molecule has 1 fully saturated rings. The first-order valence-electron chi connectivity index (χ1n) is 7.15. The molecule has 116 valence electrons. The first kappa shape index (κ1) is 15.7. The predicted octanol–water partition coefficient (Wildman–Crippen LogP) is 1.92. The number of rotatable bonds is 6. The molecule has 1 heterocycles. The molecule has 0 saturated carbocycles. The highest BCUT2D eigenvalue weighted by molar-refractivity contribution is 5.93. The molecule has 6 heteroatoms. The van der Waals surface area contributed by atoms with Gasteiger partial charge in [0.05, 0.1) is 11.8 Å². The number of ether oxygens (including phenoxy) is 2. The van der Waals surface area contributed by atoms with E-state index in [1.165, 1.54) is 18.2 Å². The summed E-state index contributed by atoms with van der Waals surface area (Å²) in [5.41, 5.74) is 5.77. The van der Waals surface area contributed by atoms with Gasteiger partial charge in [-0.05, 0) is 25.0 Å². The van der Waals surface area contributed by atoms with E-state index in [0.29, 0.717) is 18.0 Å². The molecule has 0 aliphatic carbocycles. The number of carbonyl (C=O) groups excluding carboxylic acids is 1. The highest BCUT2D eigenvalue weighted by Gasteiger charge is 2.18. The summed E-state index contributed by atoms with van der Waals surface area (Å²) >= 11 is 0. The number of amides is 1. The van der Waals surface area contributed by atoms with Gasteiger partial charge in [0.2, 0.25) is 5.91 Å². The lowest BCUT2D eigenvalue weighted by Crippen LogP contribution is -2.27. The molecule has 3 N–H and O–H groups in total. The highest BCUT2D eigenvalue weighted by atomic mass is 19.1. The Labute approximate surface area is 123 Å². The summed E-state index contributed by atoms with van der Waals surface area (Å²) in [6, 6.07) is 4.05. The summed E-state index contributed by atoms with van der Waals surface area (Å²) in [5, 5.41) is 2.65. The van der Waals surface area contributed by atoms with Crippen molar-refractivity contribution < 1.29 is 18.7 Å². The number of nitrogens with one attached hydrogen (secondary N) is 1. The van der Waals surface area contributed by atoms with Gasteiger partial charge in [-0.3, -0.25) is 4.79 Å². The summed E-state index contributed by atoms with van der Waals surface area (Å²) in [6.07, 6.45) is 2.03. The van der Waals surface area contributed by atoms with Gasteiger partial charge in [0.25, 0.3) is 0 Å². The van der Waals surface area contributed by atoms with Crippen LogP contribution in [0.4, 0.5) is 10.1 Å². The zero-order valence-electron chi connectivity index (χ0n) is 12.1. The third-order valence-electron chi connectivity index (χ3n) is 3.45. The molecule has 2 unspecified atom stereocenters. The fourth-order valence-corrected chi connectivity index (χ4v) is 2.05. The van der Waals surface area contributed by atoms with Crippen LogP contribution in [0.5, 0.6) is 5.75 Å². The minimum atomic E-state index is -0.435. The van der Waals surface area contributed by atoms with Crippen LogP contribution in [0.2, 0.25) is 0 Å². The standard InChI is InChI=1S/C15H21FN2O3/c1-10(8-17)15(19)18-13-7-11(16)4-5-14(13)21-9-12-3-2-6-20-12/h4-5,7,10,12H,2-3,6,8-9,17H2,1H3,(H,18,19). The number of halogens is 1. The Bertz CT molecular complexity index is 490. The van der Waals surface area contributed by atoms with Gasteiger partial charge in [-0.1, -0.05) is 6.92 Å². The summed E-state index contributed by atoms with van der Waals surface area (Å²) in [5.74, 6) is -0.607. The van der Waals surface area contributed by atoms with Crippen LogP contribution < -0.4 is 15.8 Å². The second kappa shape index (κ2) is 7.38. The first-order valence-corrected chi connectivity index (χ1v) is 7.15. The Morgan fingerprint density at radius 2 is 2.43 bits per heavy atom. The lowest BCUT2D eigenvalue weighted by atomic mass is 10.1. The van der Waals surface area contributed by atoms with E-state index in [4.69, 9.17) is 15.2 Å². The molecular formula is C15H21FN2O3. The van der Waals surface area contributed by atoms with Crippen molar-refractivity contribution >= 4 is 11.6 Å². The Balaban J connectivity index is 2.03. The van der Waals surface area contributed by atoms with Crippen molar-refractivity contribution in [2.75, 3.05) is 25.1 Å². The molecule has 1 aliphatic heterocycles. The Morgan fingerprint density at radius 3 is 3.10 bits per heavy atom. The average molecular weight is 296 g/mol. The van der Waals surface area contributed by atoms with Crippen LogP contribution in [0.3, 0.4) is 0 Å². The molecule has 0 spiro atoms. The lowest BCUT2D eigenvalue weighted by molar-refractivity contribution is -0.119. The summed E-state index contributed by atoms with van der Waals surface area (Å²) in [7, 11) is 0. The molecule has 2 atom stereocenters. The number of carbonyl (C=O) groups is 1. The first-order chi connectivity index (χ1) is 10.1. The maximum Gasteiger partial charge on any atom is 0.228 e. The van der Waals surface area contributed by atoms with E-state index < -0.39 is 5.82 Å². The molecular weight excluding hydrogens is 275 g/mol. The van der Waals surface area contributed by atoms with E-state index in [1.54, 1.807) is 6.92 Å². The molecule has 1 aromatic rings. The molecule has 0 aromatic heterocycles. The molecule has 0 bridgehead atoms. The number of hydrogen-bond donors (Lipinski definition) is 2. The smallest absolute Gasteiger partial charge is 0.228 e. The van der Waals surface area contributed by atoms with Gasteiger partial charge in [0, 0.05) is 25.1 Å². The third-order valence-corrected chi connectivity index (χ3v) is 3.45. The summed E-state index contributed by atoms with van der Waals surface area (Å²) in [6.45, 7) is 3.07. The van der Waals surface area contributed by atoms with E-state index >= 15 is 0 Å². The van der Waals surface area contributed by atoms with Crippen molar-refractivity contribution in [3.63, 3.8) is 0 Å². The lowest BCUT2D eigenvalue weighted by Gasteiger charge is -2.16. The number of nitrogens with two attached hydrogens (primary N) is 1. The topological polar surface area (TPSA) is 73.6 Å². The second-order valence-corrected chi connectivity index (χ2v) is 5.21. The summed E-state index contributed by atoms with van der Waals surface area (Å²) in [4.78, 5) is 11.9. The van der Waals surface area contributed by atoms with Crippen molar-refractivity contribution in [1.82, 2.24) is 0 Å². The van der Waals surface area contributed by atoms with Crippen LogP contribution in [-0.4, -0.2) is 31.8 Å². The van der Waals surface area contributed by atoms with Crippen LogP contribution >= 0.6 is 0 Å². The van der Waals surface area contributed by atoms with Crippen LogP contribution in [0.1, 0.15) is 19.8 Å². The van der Waals surface area contributed by atoms with Gasteiger partial charge in [-0.2, -0.15) is 0 Å². The van der Waals surface area contributed by atoms with Crippen LogP contribution in [0.25, 0.3) is 0 Å². The molecule has 1 saturated heterocycles. The summed E-state index contributed by atoms with van der Waals surface area (Å²) < 4.78 is 24.5. The van der Waals surface area contributed by atoms with Crippen molar-refractivity contribution in [3.05, 3.63) is 24.0 Å². The Hall–Kier alpha value is -1.66. The number of benzene rings is 1. The van der Waals surface area contributed by atoms with Crippen molar-refractivity contribution in [2.45, 2.75) is 25.9 Å². The fraction of sp³-hybridized carbons (Fsp3) is 0.533.